The van der Waals surface area contributed by atoms with Gasteiger partial charge in [-0.2, -0.15) is 8.42 Å². The van der Waals surface area contributed by atoms with E-state index in [1.807, 2.05) is 13.8 Å². The normalized spacial score (nSPS) is 10.9. The Balaban J connectivity index is 1.39. The maximum atomic E-state index is 12.4. The molecule has 0 saturated carbocycles. The second kappa shape index (κ2) is 13.4. The first-order valence-corrected chi connectivity index (χ1v) is 13.4. The van der Waals surface area contributed by atoms with Crippen molar-refractivity contribution < 1.29 is 36.5 Å². The van der Waals surface area contributed by atoms with E-state index in [-0.39, 0.29) is 41.4 Å². The van der Waals surface area contributed by atoms with Crippen molar-refractivity contribution in [2.24, 2.45) is 0 Å². The predicted octanol–water partition coefficient (Wildman–Crippen LogP) is 4.70. The topological polar surface area (TPSA) is 125 Å². The summed E-state index contributed by atoms with van der Waals surface area (Å²) >= 11 is 0. The zero-order chi connectivity index (χ0) is 27.5. The number of hydrogen-bond acceptors (Lipinski definition) is 8. The second-order valence-electron chi connectivity index (χ2n) is 8.32. The molecule has 0 fully saturated rings. The maximum absolute atomic E-state index is 12.4. The Morgan fingerprint density at radius 3 is 2.08 bits per heavy atom. The molecule has 0 saturated heterocycles. The summed E-state index contributed by atoms with van der Waals surface area (Å²) in [4.78, 5) is 36.4. The maximum Gasteiger partial charge on any atom is 0.339 e. The van der Waals surface area contributed by atoms with Gasteiger partial charge in [-0.3, -0.25) is 14.4 Å². The van der Waals surface area contributed by atoms with E-state index in [1.165, 1.54) is 36.4 Å². The van der Waals surface area contributed by atoms with Crippen molar-refractivity contribution in [1.82, 2.24) is 0 Å². The molecular formula is C28H29NO8S. The van der Waals surface area contributed by atoms with Crippen LogP contribution in [0, 0.1) is 6.92 Å². The van der Waals surface area contributed by atoms with E-state index < -0.39 is 28.5 Å². The smallest absolute Gasteiger partial charge is 0.339 e. The molecule has 0 aliphatic rings. The van der Waals surface area contributed by atoms with E-state index in [1.54, 1.807) is 36.4 Å². The number of amides is 1. The number of nitrogens with one attached hydrogen (secondary N) is 1. The molecule has 1 N–H and O–H groups in total. The lowest BCUT2D eigenvalue weighted by Crippen LogP contribution is -2.15. The van der Waals surface area contributed by atoms with Gasteiger partial charge < -0.3 is 19.0 Å². The highest BCUT2D eigenvalue weighted by atomic mass is 32.2. The number of carbonyl (C=O) groups is 3. The van der Waals surface area contributed by atoms with E-state index >= 15 is 0 Å². The van der Waals surface area contributed by atoms with Crippen molar-refractivity contribution in [1.29, 1.82) is 0 Å². The van der Waals surface area contributed by atoms with E-state index in [0.717, 1.165) is 5.56 Å². The third-order valence-electron chi connectivity index (χ3n) is 5.29. The first-order valence-electron chi connectivity index (χ1n) is 12.0. The molecule has 0 aliphatic heterocycles. The second-order valence-corrected chi connectivity index (χ2v) is 9.86. The number of ether oxygens (including phenoxy) is 2. The van der Waals surface area contributed by atoms with Gasteiger partial charge in [0.2, 0.25) is 5.91 Å². The summed E-state index contributed by atoms with van der Waals surface area (Å²) in [6, 6.07) is 18.7. The average molecular weight is 540 g/mol. The molecule has 3 rings (SSSR count). The summed E-state index contributed by atoms with van der Waals surface area (Å²) in [6.45, 7) is 3.80. The monoisotopic (exact) mass is 539 g/mol. The van der Waals surface area contributed by atoms with Crippen LogP contribution in [0.15, 0.2) is 77.7 Å². The Morgan fingerprint density at radius 1 is 0.816 bits per heavy atom. The van der Waals surface area contributed by atoms with Gasteiger partial charge in [-0.25, -0.2) is 0 Å². The molecule has 0 aromatic heterocycles. The van der Waals surface area contributed by atoms with Crippen molar-refractivity contribution in [3.05, 3.63) is 83.9 Å². The Labute approximate surface area is 221 Å². The molecule has 0 unspecified atom stereocenters. The van der Waals surface area contributed by atoms with Crippen LogP contribution in [0.25, 0.3) is 0 Å². The molecule has 3 aromatic rings. The Hall–Kier alpha value is -4.18. The van der Waals surface area contributed by atoms with Crippen LogP contribution in [0.3, 0.4) is 0 Å². The van der Waals surface area contributed by atoms with Gasteiger partial charge in [0, 0.05) is 24.1 Å². The number of aryl methyl sites for hydroxylation is 1. The largest absolute Gasteiger partial charge is 0.494 e. The van der Waals surface area contributed by atoms with Crippen LogP contribution in [0.2, 0.25) is 0 Å². The Kier molecular flexibility index (Phi) is 10.0. The Bertz CT molecular complexity index is 1350. The molecule has 3 aromatic carbocycles. The van der Waals surface area contributed by atoms with E-state index in [9.17, 15) is 22.8 Å². The average Bonchev–Trinajstić information content (AvgIpc) is 2.89. The van der Waals surface area contributed by atoms with Gasteiger partial charge in [-0.05, 0) is 80.9 Å². The fourth-order valence-corrected chi connectivity index (χ4v) is 4.23. The predicted molar refractivity (Wildman–Crippen MR) is 141 cm³/mol. The molecule has 9 nitrogen and oxygen atoms in total. The quantitative estimate of drug-likeness (QED) is 0.188. The molecule has 0 heterocycles. The van der Waals surface area contributed by atoms with Crippen LogP contribution in [0.5, 0.6) is 11.5 Å². The molecule has 1 amide bonds. The third kappa shape index (κ3) is 8.74. The molecular weight excluding hydrogens is 510 g/mol. The molecule has 38 heavy (non-hydrogen) atoms. The molecule has 0 atom stereocenters. The molecule has 0 spiro atoms. The molecule has 0 radical (unpaired) electrons. The Morgan fingerprint density at radius 2 is 1.45 bits per heavy atom. The van der Waals surface area contributed by atoms with Gasteiger partial charge in [0.15, 0.2) is 12.4 Å². The number of carbonyl (C=O) groups excluding carboxylic acids is 3. The van der Waals surface area contributed by atoms with Crippen molar-refractivity contribution in [3.63, 3.8) is 0 Å². The lowest BCUT2D eigenvalue weighted by molar-refractivity contribution is -0.142. The lowest BCUT2D eigenvalue weighted by atomic mass is 10.1. The van der Waals surface area contributed by atoms with Gasteiger partial charge in [0.05, 0.1) is 6.61 Å². The number of hydrogen-bond donors (Lipinski definition) is 1. The molecule has 200 valence electrons. The van der Waals surface area contributed by atoms with Crippen LogP contribution >= 0.6 is 0 Å². The summed E-state index contributed by atoms with van der Waals surface area (Å²) in [6.07, 6.45) is 0.355. The van der Waals surface area contributed by atoms with Crippen molar-refractivity contribution in [2.75, 3.05) is 18.5 Å². The summed E-state index contributed by atoms with van der Waals surface area (Å²) in [5.41, 5.74) is 1.77. The van der Waals surface area contributed by atoms with E-state index in [4.69, 9.17) is 13.7 Å². The van der Waals surface area contributed by atoms with Crippen LogP contribution in [-0.2, 0) is 24.4 Å². The standard InChI is InChI=1S/C28H29NO8S/c1-3-35-23-15-11-22(12-16-23)29-27(31)5-4-6-28(32)36-19-26(30)21-9-13-24(14-10-21)37-38(33,34)25-17-7-20(2)8-18-25/h7-18H,3-6,19H2,1-2H3,(H,29,31). The minimum Gasteiger partial charge on any atom is -0.494 e. The number of ketones is 1. The van der Waals surface area contributed by atoms with E-state index in [2.05, 4.69) is 5.32 Å². The van der Waals surface area contributed by atoms with Gasteiger partial charge >= 0.3 is 16.1 Å². The minimum absolute atomic E-state index is 0.0174. The summed E-state index contributed by atoms with van der Waals surface area (Å²) in [5, 5.41) is 2.74. The van der Waals surface area contributed by atoms with Crippen LogP contribution in [-0.4, -0.2) is 39.3 Å². The summed E-state index contributed by atoms with van der Waals surface area (Å²) in [7, 11) is -4.01. The minimum atomic E-state index is -4.01. The van der Waals surface area contributed by atoms with Crippen molar-refractivity contribution in [2.45, 2.75) is 38.0 Å². The zero-order valence-corrected chi connectivity index (χ0v) is 22.0. The third-order valence-corrected chi connectivity index (χ3v) is 6.55. The fourth-order valence-electron chi connectivity index (χ4n) is 3.30. The highest BCUT2D eigenvalue weighted by molar-refractivity contribution is 7.87. The molecule has 10 heteroatoms. The van der Waals surface area contributed by atoms with Crippen LogP contribution in [0.4, 0.5) is 5.69 Å². The lowest BCUT2D eigenvalue weighted by Gasteiger charge is -2.08. The van der Waals surface area contributed by atoms with Gasteiger partial charge in [-0.1, -0.05) is 17.7 Å². The number of esters is 1. The van der Waals surface area contributed by atoms with Crippen molar-refractivity contribution in [3.8, 4) is 11.5 Å². The highest BCUT2D eigenvalue weighted by Gasteiger charge is 2.17. The highest BCUT2D eigenvalue weighted by Crippen LogP contribution is 2.20. The molecule has 0 aliphatic carbocycles. The summed E-state index contributed by atoms with van der Waals surface area (Å²) in [5.74, 6) is -0.554. The number of Topliss-reactive ketones (excluding diaryl/α,β-unsaturated/α-hetero) is 1. The number of benzene rings is 3. The SMILES string of the molecule is CCOc1ccc(NC(=O)CCCC(=O)OCC(=O)c2ccc(OS(=O)(=O)c3ccc(C)cc3)cc2)cc1. The van der Waals surface area contributed by atoms with Gasteiger partial charge in [0.25, 0.3) is 0 Å². The van der Waals surface area contributed by atoms with Crippen molar-refractivity contribution >= 4 is 33.5 Å². The van der Waals surface area contributed by atoms with E-state index in [0.29, 0.717) is 18.0 Å². The molecule has 0 bridgehead atoms. The summed E-state index contributed by atoms with van der Waals surface area (Å²) < 4.78 is 40.2. The van der Waals surface area contributed by atoms with Gasteiger partial charge in [0.1, 0.15) is 16.4 Å². The first-order chi connectivity index (χ1) is 18.2. The zero-order valence-electron chi connectivity index (χ0n) is 21.1. The number of anilines is 1. The first kappa shape index (κ1) is 28.4. The van der Waals surface area contributed by atoms with Crippen LogP contribution in [0.1, 0.15) is 42.1 Å². The van der Waals surface area contributed by atoms with Crippen LogP contribution < -0.4 is 14.2 Å². The van der Waals surface area contributed by atoms with Gasteiger partial charge in [-0.15, -0.1) is 0 Å². The fraction of sp³-hybridized carbons (Fsp3) is 0.250. The number of rotatable bonds is 13.